The van der Waals surface area contributed by atoms with Gasteiger partial charge in [0.05, 0.1) is 5.25 Å². The Morgan fingerprint density at radius 3 is 2.61 bits per heavy atom. The SMILES string of the molecule is C[C@H](Sc1ccccc1)C(=O)NCCCN(C)C. The van der Waals surface area contributed by atoms with E-state index in [4.69, 9.17) is 0 Å². The second-order valence-corrected chi connectivity index (χ2v) is 5.94. The molecule has 0 spiro atoms. The van der Waals surface area contributed by atoms with Gasteiger partial charge < -0.3 is 10.2 Å². The van der Waals surface area contributed by atoms with Crippen LogP contribution in [0.4, 0.5) is 0 Å². The molecule has 0 saturated heterocycles. The molecule has 3 nitrogen and oxygen atoms in total. The molecule has 1 atom stereocenters. The third-order valence-corrected chi connectivity index (χ3v) is 3.62. The zero-order valence-corrected chi connectivity index (χ0v) is 12.2. The number of hydrogen-bond acceptors (Lipinski definition) is 3. The van der Waals surface area contributed by atoms with Crippen molar-refractivity contribution in [1.29, 1.82) is 0 Å². The highest BCUT2D eigenvalue weighted by molar-refractivity contribution is 8.00. The standard InChI is InChI=1S/C14H22N2OS/c1-12(18-13-8-5-4-6-9-13)14(17)15-10-7-11-16(2)3/h4-6,8-9,12H,7,10-11H2,1-3H3,(H,15,17)/t12-/m0/s1. The average Bonchev–Trinajstić information content (AvgIpc) is 2.35. The molecule has 100 valence electrons. The zero-order valence-electron chi connectivity index (χ0n) is 11.3. The van der Waals surface area contributed by atoms with Gasteiger partial charge in [-0.05, 0) is 46.1 Å². The van der Waals surface area contributed by atoms with Gasteiger partial charge in [-0.15, -0.1) is 11.8 Å². The van der Waals surface area contributed by atoms with Crippen LogP contribution >= 0.6 is 11.8 Å². The number of thioether (sulfide) groups is 1. The number of hydrogen-bond donors (Lipinski definition) is 1. The van der Waals surface area contributed by atoms with E-state index in [1.807, 2.05) is 51.4 Å². The summed E-state index contributed by atoms with van der Waals surface area (Å²) in [7, 11) is 4.07. The molecule has 0 saturated carbocycles. The van der Waals surface area contributed by atoms with E-state index in [-0.39, 0.29) is 11.2 Å². The monoisotopic (exact) mass is 266 g/mol. The number of amides is 1. The fourth-order valence-electron chi connectivity index (χ4n) is 1.51. The van der Waals surface area contributed by atoms with Crippen molar-refractivity contribution in [2.45, 2.75) is 23.5 Å². The van der Waals surface area contributed by atoms with Crippen LogP contribution in [0.1, 0.15) is 13.3 Å². The van der Waals surface area contributed by atoms with Crippen molar-refractivity contribution in [3.05, 3.63) is 30.3 Å². The minimum Gasteiger partial charge on any atom is -0.355 e. The number of carbonyl (C=O) groups is 1. The zero-order chi connectivity index (χ0) is 13.4. The molecule has 0 radical (unpaired) electrons. The first-order valence-corrected chi connectivity index (χ1v) is 7.11. The third kappa shape index (κ3) is 6.07. The Morgan fingerprint density at radius 1 is 1.33 bits per heavy atom. The van der Waals surface area contributed by atoms with E-state index >= 15 is 0 Å². The summed E-state index contributed by atoms with van der Waals surface area (Å²) in [5.41, 5.74) is 0. The Labute approximate surface area is 114 Å². The van der Waals surface area contributed by atoms with Gasteiger partial charge in [-0.1, -0.05) is 18.2 Å². The van der Waals surface area contributed by atoms with Crippen LogP contribution in [0.15, 0.2) is 35.2 Å². The lowest BCUT2D eigenvalue weighted by Gasteiger charge is -2.13. The van der Waals surface area contributed by atoms with Crippen LogP contribution in [0, 0.1) is 0 Å². The molecule has 1 amide bonds. The van der Waals surface area contributed by atoms with Crippen molar-refractivity contribution in [2.24, 2.45) is 0 Å². The van der Waals surface area contributed by atoms with E-state index in [0.29, 0.717) is 0 Å². The predicted octanol–water partition coefficient (Wildman–Crippen LogP) is 2.24. The van der Waals surface area contributed by atoms with Gasteiger partial charge in [0, 0.05) is 11.4 Å². The van der Waals surface area contributed by atoms with Crippen molar-refractivity contribution in [2.75, 3.05) is 27.2 Å². The summed E-state index contributed by atoms with van der Waals surface area (Å²) in [6.07, 6.45) is 0.988. The molecule has 1 rings (SSSR count). The highest BCUT2D eigenvalue weighted by Crippen LogP contribution is 2.22. The Kier molecular flexibility index (Phi) is 6.83. The maximum absolute atomic E-state index is 11.8. The molecular formula is C14H22N2OS. The Hall–Kier alpha value is -1.00. The van der Waals surface area contributed by atoms with E-state index in [1.54, 1.807) is 11.8 Å². The lowest BCUT2D eigenvalue weighted by Crippen LogP contribution is -2.32. The van der Waals surface area contributed by atoms with Crippen LogP contribution in [0.2, 0.25) is 0 Å². The molecule has 1 N–H and O–H groups in total. The van der Waals surface area contributed by atoms with Crippen molar-refractivity contribution >= 4 is 17.7 Å². The van der Waals surface area contributed by atoms with Gasteiger partial charge >= 0.3 is 0 Å². The van der Waals surface area contributed by atoms with E-state index in [1.165, 1.54) is 0 Å². The molecule has 0 aliphatic rings. The number of carbonyl (C=O) groups excluding carboxylic acids is 1. The second-order valence-electron chi connectivity index (χ2n) is 4.52. The first-order valence-electron chi connectivity index (χ1n) is 6.23. The molecule has 0 bridgehead atoms. The van der Waals surface area contributed by atoms with E-state index in [0.717, 1.165) is 24.4 Å². The van der Waals surface area contributed by atoms with Crippen LogP contribution in [0.25, 0.3) is 0 Å². The van der Waals surface area contributed by atoms with Crippen molar-refractivity contribution in [3.63, 3.8) is 0 Å². The van der Waals surface area contributed by atoms with Gasteiger partial charge in [0.25, 0.3) is 0 Å². The molecule has 0 aliphatic carbocycles. The lowest BCUT2D eigenvalue weighted by atomic mass is 10.3. The van der Waals surface area contributed by atoms with Crippen LogP contribution in [-0.2, 0) is 4.79 Å². The Balaban J connectivity index is 2.25. The highest BCUT2D eigenvalue weighted by Gasteiger charge is 2.13. The molecule has 0 unspecified atom stereocenters. The molecule has 0 fully saturated rings. The van der Waals surface area contributed by atoms with Gasteiger partial charge in [0.1, 0.15) is 0 Å². The first kappa shape index (κ1) is 15.1. The van der Waals surface area contributed by atoms with Crippen LogP contribution in [-0.4, -0.2) is 43.2 Å². The van der Waals surface area contributed by atoms with E-state index < -0.39 is 0 Å². The summed E-state index contributed by atoms with van der Waals surface area (Å²) < 4.78 is 0. The molecular weight excluding hydrogens is 244 g/mol. The summed E-state index contributed by atoms with van der Waals surface area (Å²) in [6, 6.07) is 10.0. The summed E-state index contributed by atoms with van der Waals surface area (Å²) >= 11 is 1.59. The highest BCUT2D eigenvalue weighted by atomic mass is 32.2. The summed E-state index contributed by atoms with van der Waals surface area (Å²) in [5.74, 6) is 0.114. The van der Waals surface area contributed by atoms with Gasteiger partial charge in [0.2, 0.25) is 5.91 Å². The molecule has 1 aromatic rings. The van der Waals surface area contributed by atoms with Crippen molar-refractivity contribution < 1.29 is 4.79 Å². The topological polar surface area (TPSA) is 32.3 Å². The fraction of sp³-hybridized carbons (Fsp3) is 0.500. The quantitative estimate of drug-likeness (QED) is 0.607. The minimum absolute atomic E-state index is 0.0493. The molecule has 18 heavy (non-hydrogen) atoms. The normalized spacial score (nSPS) is 12.4. The second kappa shape index (κ2) is 8.16. The lowest BCUT2D eigenvalue weighted by molar-refractivity contribution is -0.120. The Bertz CT molecular complexity index is 354. The summed E-state index contributed by atoms with van der Waals surface area (Å²) in [5, 5.41) is 2.92. The third-order valence-electron chi connectivity index (χ3n) is 2.51. The van der Waals surface area contributed by atoms with Crippen molar-refractivity contribution in [3.8, 4) is 0 Å². The van der Waals surface area contributed by atoms with Gasteiger partial charge in [-0.3, -0.25) is 4.79 Å². The number of rotatable bonds is 7. The van der Waals surface area contributed by atoms with Gasteiger partial charge in [-0.25, -0.2) is 0 Å². The van der Waals surface area contributed by atoms with Crippen LogP contribution in [0.3, 0.4) is 0 Å². The van der Waals surface area contributed by atoms with E-state index in [9.17, 15) is 4.79 Å². The van der Waals surface area contributed by atoms with E-state index in [2.05, 4.69) is 10.2 Å². The maximum Gasteiger partial charge on any atom is 0.233 e. The van der Waals surface area contributed by atoms with Crippen LogP contribution in [0.5, 0.6) is 0 Å². The average molecular weight is 266 g/mol. The molecule has 0 aliphatic heterocycles. The summed E-state index contributed by atoms with van der Waals surface area (Å²) in [6.45, 7) is 3.69. The summed E-state index contributed by atoms with van der Waals surface area (Å²) in [4.78, 5) is 15.1. The minimum atomic E-state index is -0.0493. The van der Waals surface area contributed by atoms with Crippen molar-refractivity contribution in [1.82, 2.24) is 10.2 Å². The molecule has 0 aromatic heterocycles. The predicted molar refractivity (Wildman–Crippen MR) is 77.9 cm³/mol. The largest absolute Gasteiger partial charge is 0.355 e. The molecule has 4 heteroatoms. The van der Waals surface area contributed by atoms with Crippen LogP contribution < -0.4 is 5.32 Å². The van der Waals surface area contributed by atoms with Gasteiger partial charge in [-0.2, -0.15) is 0 Å². The Morgan fingerprint density at radius 2 is 2.00 bits per heavy atom. The van der Waals surface area contributed by atoms with Gasteiger partial charge in [0.15, 0.2) is 0 Å². The number of nitrogens with zero attached hydrogens (tertiary/aromatic N) is 1. The maximum atomic E-state index is 11.8. The molecule has 0 heterocycles. The number of nitrogens with one attached hydrogen (secondary N) is 1. The smallest absolute Gasteiger partial charge is 0.233 e. The fourth-order valence-corrected chi connectivity index (χ4v) is 2.42. The number of benzene rings is 1. The first-order chi connectivity index (χ1) is 8.59. The molecule has 1 aromatic carbocycles.